The lowest BCUT2D eigenvalue weighted by Gasteiger charge is -2.08. The highest BCUT2D eigenvalue weighted by molar-refractivity contribution is 7.88. The molecule has 0 aromatic heterocycles. The second-order valence-electron chi connectivity index (χ2n) is 1.76. The van der Waals surface area contributed by atoms with Crippen molar-refractivity contribution >= 4 is 10.0 Å². The number of rotatable bonds is 2. The highest BCUT2D eigenvalue weighted by atomic mass is 32.2. The average Bonchev–Trinajstić information content (AvgIpc) is 1.64. The van der Waals surface area contributed by atoms with E-state index in [-0.39, 0.29) is 0 Å². The normalized spacial score (nSPS) is 12.3. The van der Waals surface area contributed by atoms with E-state index in [0.29, 0.717) is 0 Å². The third kappa shape index (κ3) is 3.13. The number of allylic oxidation sites excluding steroid dienone is 1. The summed E-state index contributed by atoms with van der Waals surface area (Å²) in [5.74, 6) is 0. The Morgan fingerprint density at radius 1 is 1.44 bits per heavy atom. The van der Waals surface area contributed by atoms with Crippen molar-refractivity contribution in [2.45, 2.75) is 6.92 Å². The molecule has 0 atom stereocenters. The van der Waals surface area contributed by atoms with E-state index in [1.165, 1.54) is 13.2 Å². The molecule has 0 N–H and O–H groups in total. The third-order valence-corrected chi connectivity index (χ3v) is 2.05. The average molecular weight is 149 g/mol. The summed E-state index contributed by atoms with van der Waals surface area (Å²) in [5, 5.41) is 0. The lowest BCUT2D eigenvalue weighted by Crippen LogP contribution is -2.18. The molecule has 0 aliphatic rings. The molecule has 0 spiro atoms. The summed E-state index contributed by atoms with van der Waals surface area (Å²) in [5.41, 5.74) is 0. The van der Waals surface area contributed by atoms with Crippen molar-refractivity contribution in [3.63, 3.8) is 0 Å². The molecule has 0 saturated heterocycles. The van der Waals surface area contributed by atoms with Crippen molar-refractivity contribution in [3.8, 4) is 0 Å². The summed E-state index contributed by atoms with van der Waals surface area (Å²) in [7, 11) is -1.52. The summed E-state index contributed by atoms with van der Waals surface area (Å²) in [6.45, 7) is 1.77. The molecule has 0 unspecified atom stereocenters. The molecule has 9 heavy (non-hydrogen) atoms. The lowest BCUT2D eigenvalue weighted by molar-refractivity contribution is 0.546. The van der Waals surface area contributed by atoms with Gasteiger partial charge in [-0.05, 0) is 6.92 Å². The van der Waals surface area contributed by atoms with Gasteiger partial charge >= 0.3 is 0 Å². The summed E-state index contributed by atoms with van der Waals surface area (Å²) < 4.78 is 22.4. The number of sulfonamides is 1. The minimum atomic E-state index is -3.02. The first kappa shape index (κ1) is 8.49. The lowest BCUT2D eigenvalue weighted by atomic mass is 10.7. The molecule has 0 radical (unpaired) electrons. The summed E-state index contributed by atoms with van der Waals surface area (Å²) in [4.78, 5) is 0. The first-order chi connectivity index (χ1) is 3.98. The first-order valence-corrected chi connectivity index (χ1v) is 4.39. The van der Waals surface area contributed by atoms with E-state index in [9.17, 15) is 8.42 Å². The minimum absolute atomic E-state index is 1.16. The maximum absolute atomic E-state index is 10.6. The van der Waals surface area contributed by atoms with Crippen molar-refractivity contribution in [3.05, 3.63) is 12.3 Å². The maximum Gasteiger partial charge on any atom is 0.231 e. The minimum Gasteiger partial charge on any atom is -0.281 e. The van der Waals surface area contributed by atoms with Crippen LogP contribution in [0.25, 0.3) is 0 Å². The van der Waals surface area contributed by atoms with Crippen molar-refractivity contribution < 1.29 is 8.42 Å². The number of nitrogens with zero attached hydrogens (tertiary/aromatic N) is 1. The van der Waals surface area contributed by atoms with Crippen LogP contribution in [-0.4, -0.2) is 26.0 Å². The molecule has 0 aromatic carbocycles. The molecule has 0 bridgehead atoms. The molecule has 0 heterocycles. The zero-order valence-electron chi connectivity index (χ0n) is 5.83. The molecular formula is C5H11NO2S. The Labute approximate surface area is 56.0 Å². The fourth-order valence-electron chi connectivity index (χ4n) is 0.320. The van der Waals surface area contributed by atoms with Crippen LogP contribution in [0.3, 0.4) is 0 Å². The highest BCUT2D eigenvalue weighted by Gasteiger charge is 2.02. The van der Waals surface area contributed by atoms with E-state index in [0.717, 1.165) is 10.6 Å². The molecule has 0 amide bonds. The van der Waals surface area contributed by atoms with Crippen molar-refractivity contribution in [1.29, 1.82) is 0 Å². The molecule has 0 aromatic rings. The molecule has 3 nitrogen and oxygen atoms in total. The Morgan fingerprint density at radius 2 is 1.89 bits per heavy atom. The van der Waals surface area contributed by atoms with E-state index in [1.807, 2.05) is 0 Å². The fraction of sp³-hybridized carbons (Fsp3) is 0.600. The van der Waals surface area contributed by atoms with Crippen molar-refractivity contribution in [2.75, 3.05) is 13.3 Å². The maximum atomic E-state index is 10.6. The van der Waals surface area contributed by atoms with Crippen molar-refractivity contribution in [1.82, 2.24) is 4.31 Å². The number of hydrogen-bond acceptors (Lipinski definition) is 2. The standard InChI is InChI=1S/C5H11NO2S/c1-4-5-6(2)9(3,7)8/h4-5H,1-3H3/b5-4+. The molecule has 0 saturated carbocycles. The molecular weight excluding hydrogens is 138 g/mol. The van der Waals surface area contributed by atoms with Crippen LogP contribution in [0.4, 0.5) is 0 Å². The SMILES string of the molecule is C/C=C/N(C)S(C)(=O)=O. The summed E-state index contributed by atoms with van der Waals surface area (Å²) in [6, 6.07) is 0. The Kier molecular flexibility index (Phi) is 2.70. The van der Waals surface area contributed by atoms with Gasteiger partial charge in [-0.1, -0.05) is 6.08 Å². The van der Waals surface area contributed by atoms with Crippen LogP contribution >= 0.6 is 0 Å². The highest BCUT2D eigenvalue weighted by Crippen LogP contribution is 1.91. The largest absolute Gasteiger partial charge is 0.281 e. The second-order valence-corrected chi connectivity index (χ2v) is 3.80. The quantitative estimate of drug-likeness (QED) is 0.570. The zero-order chi connectivity index (χ0) is 7.49. The molecule has 0 fully saturated rings. The monoisotopic (exact) mass is 149 g/mol. The Morgan fingerprint density at radius 3 is 2.00 bits per heavy atom. The van der Waals surface area contributed by atoms with Crippen LogP contribution in [0.2, 0.25) is 0 Å². The van der Waals surface area contributed by atoms with Gasteiger partial charge in [0.15, 0.2) is 0 Å². The van der Waals surface area contributed by atoms with E-state index < -0.39 is 10.0 Å². The van der Waals surface area contributed by atoms with Gasteiger partial charge in [0.05, 0.1) is 6.26 Å². The van der Waals surface area contributed by atoms with Gasteiger partial charge in [0.25, 0.3) is 0 Å². The Bertz CT molecular complexity index is 193. The smallest absolute Gasteiger partial charge is 0.231 e. The van der Waals surface area contributed by atoms with Crippen LogP contribution < -0.4 is 0 Å². The van der Waals surface area contributed by atoms with E-state index in [4.69, 9.17) is 0 Å². The molecule has 0 aliphatic carbocycles. The van der Waals surface area contributed by atoms with Gasteiger partial charge in [0, 0.05) is 13.2 Å². The predicted octanol–water partition coefficient (Wildman–Crippen LogP) is 0.411. The third-order valence-electron chi connectivity index (χ3n) is 0.882. The van der Waals surface area contributed by atoms with E-state index >= 15 is 0 Å². The van der Waals surface area contributed by atoms with Crippen LogP contribution in [0, 0.1) is 0 Å². The van der Waals surface area contributed by atoms with Gasteiger partial charge < -0.3 is 0 Å². The molecule has 54 valence electrons. The van der Waals surface area contributed by atoms with Crippen LogP contribution in [-0.2, 0) is 10.0 Å². The predicted molar refractivity (Wildman–Crippen MR) is 37.4 cm³/mol. The van der Waals surface area contributed by atoms with Crippen LogP contribution in [0.5, 0.6) is 0 Å². The van der Waals surface area contributed by atoms with E-state index in [2.05, 4.69) is 0 Å². The summed E-state index contributed by atoms with van der Waals surface area (Å²) >= 11 is 0. The van der Waals surface area contributed by atoms with Crippen LogP contribution in [0.15, 0.2) is 12.3 Å². The molecule has 0 rings (SSSR count). The van der Waals surface area contributed by atoms with Crippen molar-refractivity contribution in [2.24, 2.45) is 0 Å². The van der Waals surface area contributed by atoms with Crippen LogP contribution in [0.1, 0.15) is 6.92 Å². The van der Waals surface area contributed by atoms with E-state index in [1.54, 1.807) is 13.0 Å². The van der Waals surface area contributed by atoms with Gasteiger partial charge in [-0.2, -0.15) is 0 Å². The van der Waals surface area contributed by atoms with Gasteiger partial charge in [-0.3, -0.25) is 4.31 Å². The Hall–Kier alpha value is -0.510. The van der Waals surface area contributed by atoms with Gasteiger partial charge in [0.1, 0.15) is 0 Å². The molecule has 4 heteroatoms. The topological polar surface area (TPSA) is 37.4 Å². The summed E-state index contributed by atoms with van der Waals surface area (Å²) in [6.07, 6.45) is 4.32. The zero-order valence-corrected chi connectivity index (χ0v) is 6.64. The number of hydrogen-bond donors (Lipinski definition) is 0. The Balaban J connectivity index is 4.24. The van der Waals surface area contributed by atoms with Gasteiger partial charge in [-0.15, -0.1) is 0 Å². The fourth-order valence-corrected chi connectivity index (χ4v) is 0.663. The molecule has 0 aliphatic heterocycles. The van der Waals surface area contributed by atoms with Gasteiger partial charge in [0.2, 0.25) is 10.0 Å². The first-order valence-electron chi connectivity index (χ1n) is 2.54. The van der Waals surface area contributed by atoms with Gasteiger partial charge in [-0.25, -0.2) is 8.42 Å². The second kappa shape index (κ2) is 2.87.